The van der Waals surface area contributed by atoms with E-state index in [1.807, 2.05) is 103 Å². The molecule has 0 saturated carbocycles. The third kappa shape index (κ3) is 10.4. The highest BCUT2D eigenvalue weighted by Crippen LogP contribution is 2.16. The summed E-state index contributed by atoms with van der Waals surface area (Å²) < 4.78 is 17.4. The fourth-order valence-electron chi connectivity index (χ4n) is 4.16. The van der Waals surface area contributed by atoms with Gasteiger partial charge in [-0.05, 0) is 53.9 Å². The van der Waals surface area contributed by atoms with Crippen LogP contribution >= 0.6 is 0 Å². The summed E-state index contributed by atoms with van der Waals surface area (Å²) in [5.41, 5.74) is 2.28. The van der Waals surface area contributed by atoms with Crippen LogP contribution in [0.15, 0.2) is 115 Å². The number of hydrogen-bond acceptors (Lipinski definition) is 6. The molecule has 0 bridgehead atoms. The molecule has 39 heavy (non-hydrogen) atoms. The van der Waals surface area contributed by atoms with Crippen LogP contribution in [0.5, 0.6) is 17.2 Å². The summed E-state index contributed by atoms with van der Waals surface area (Å²) in [5, 5.41) is 21.4. The van der Waals surface area contributed by atoms with Crippen molar-refractivity contribution < 1.29 is 24.4 Å². The van der Waals surface area contributed by atoms with Gasteiger partial charge in [-0.2, -0.15) is 0 Å². The molecule has 0 aliphatic carbocycles. The van der Waals surface area contributed by atoms with Crippen LogP contribution in [0.3, 0.4) is 0 Å². The van der Waals surface area contributed by atoms with Crippen LogP contribution in [-0.4, -0.2) is 60.2 Å². The van der Waals surface area contributed by atoms with Gasteiger partial charge in [0.1, 0.15) is 49.3 Å². The SMILES string of the molecule is OC(COc1ccccc1)CN(CCc1ccc(OCc2ccccc2)cc1)CC(O)COc1ccccc1. The Morgan fingerprint density at radius 2 is 0.974 bits per heavy atom. The number of para-hydroxylation sites is 2. The molecule has 4 rings (SSSR count). The van der Waals surface area contributed by atoms with Crippen molar-refractivity contribution in [3.05, 3.63) is 126 Å². The Hall–Kier alpha value is -3.84. The van der Waals surface area contributed by atoms with Crippen molar-refractivity contribution in [1.82, 2.24) is 4.90 Å². The van der Waals surface area contributed by atoms with Gasteiger partial charge >= 0.3 is 0 Å². The van der Waals surface area contributed by atoms with Crippen LogP contribution in [0.25, 0.3) is 0 Å². The summed E-state index contributed by atoms with van der Waals surface area (Å²) >= 11 is 0. The second-order valence-corrected chi connectivity index (χ2v) is 9.48. The summed E-state index contributed by atoms with van der Waals surface area (Å²) in [5.74, 6) is 2.25. The minimum absolute atomic E-state index is 0.171. The smallest absolute Gasteiger partial charge is 0.119 e. The molecule has 0 fully saturated rings. The van der Waals surface area contributed by atoms with E-state index in [1.165, 1.54) is 0 Å². The van der Waals surface area contributed by atoms with E-state index in [0.717, 1.165) is 23.3 Å². The van der Waals surface area contributed by atoms with Gasteiger partial charge in [0, 0.05) is 19.6 Å². The van der Waals surface area contributed by atoms with E-state index in [-0.39, 0.29) is 13.2 Å². The first kappa shape index (κ1) is 28.2. The minimum atomic E-state index is -0.707. The molecule has 0 heterocycles. The molecule has 6 heteroatoms. The lowest BCUT2D eigenvalue weighted by Gasteiger charge is -2.27. The lowest BCUT2D eigenvalue weighted by molar-refractivity contribution is 0.0318. The van der Waals surface area contributed by atoms with Crippen molar-refractivity contribution in [2.24, 2.45) is 0 Å². The Morgan fingerprint density at radius 1 is 0.513 bits per heavy atom. The van der Waals surface area contributed by atoms with Crippen LogP contribution < -0.4 is 14.2 Å². The van der Waals surface area contributed by atoms with Gasteiger partial charge < -0.3 is 24.4 Å². The number of aliphatic hydroxyl groups excluding tert-OH is 2. The van der Waals surface area contributed by atoms with Crippen LogP contribution in [-0.2, 0) is 13.0 Å². The Balaban J connectivity index is 1.29. The molecule has 4 aromatic rings. The Labute approximate surface area is 231 Å². The molecule has 204 valence electrons. The zero-order valence-electron chi connectivity index (χ0n) is 22.1. The number of aliphatic hydroxyl groups is 2. The topological polar surface area (TPSA) is 71.4 Å². The number of rotatable bonds is 16. The molecule has 0 saturated heterocycles. The third-order valence-electron chi connectivity index (χ3n) is 6.20. The highest BCUT2D eigenvalue weighted by molar-refractivity contribution is 5.28. The molecule has 0 amide bonds. The van der Waals surface area contributed by atoms with Gasteiger partial charge in [-0.25, -0.2) is 0 Å². The zero-order valence-corrected chi connectivity index (χ0v) is 22.1. The van der Waals surface area contributed by atoms with E-state index in [2.05, 4.69) is 17.0 Å². The van der Waals surface area contributed by atoms with Crippen molar-refractivity contribution in [3.8, 4) is 17.2 Å². The monoisotopic (exact) mass is 527 g/mol. The van der Waals surface area contributed by atoms with Gasteiger partial charge in [0.2, 0.25) is 0 Å². The molecule has 6 nitrogen and oxygen atoms in total. The molecule has 0 spiro atoms. The predicted molar refractivity (Wildman–Crippen MR) is 153 cm³/mol. The highest BCUT2D eigenvalue weighted by Gasteiger charge is 2.17. The standard InChI is InChI=1S/C33H37NO5/c35-29(25-38-31-12-6-2-7-13-31)22-34(23-30(36)26-39-32-14-8-3-9-15-32)21-20-27-16-18-33(19-17-27)37-24-28-10-4-1-5-11-28/h1-19,29-30,35-36H,20-26H2. The maximum Gasteiger partial charge on any atom is 0.119 e. The Kier molecular flexibility index (Phi) is 11.2. The zero-order chi connectivity index (χ0) is 27.1. The van der Waals surface area contributed by atoms with E-state index < -0.39 is 12.2 Å². The first-order chi connectivity index (χ1) is 19.1. The maximum atomic E-state index is 10.7. The van der Waals surface area contributed by atoms with Gasteiger partial charge in [-0.15, -0.1) is 0 Å². The normalized spacial score (nSPS) is 12.6. The second-order valence-electron chi connectivity index (χ2n) is 9.48. The summed E-state index contributed by atoms with van der Waals surface area (Å²) in [6.45, 7) is 2.27. The predicted octanol–water partition coefficient (Wildman–Crippen LogP) is 4.99. The number of nitrogens with zero attached hydrogens (tertiary/aromatic N) is 1. The fourth-order valence-corrected chi connectivity index (χ4v) is 4.16. The summed E-state index contributed by atoms with van der Waals surface area (Å²) in [6.07, 6.45) is -0.653. The van der Waals surface area contributed by atoms with E-state index in [4.69, 9.17) is 14.2 Å². The number of hydrogen-bond donors (Lipinski definition) is 2. The van der Waals surface area contributed by atoms with E-state index in [1.54, 1.807) is 0 Å². The fraction of sp³-hybridized carbons (Fsp3) is 0.273. The molecule has 4 aromatic carbocycles. The van der Waals surface area contributed by atoms with Crippen LogP contribution in [0, 0.1) is 0 Å². The van der Waals surface area contributed by atoms with Crippen molar-refractivity contribution in [2.75, 3.05) is 32.8 Å². The molecular formula is C33H37NO5. The molecule has 0 aromatic heterocycles. The largest absolute Gasteiger partial charge is 0.491 e. The first-order valence-electron chi connectivity index (χ1n) is 13.3. The van der Waals surface area contributed by atoms with Crippen LogP contribution in [0.2, 0.25) is 0 Å². The molecule has 2 atom stereocenters. The van der Waals surface area contributed by atoms with Crippen molar-refractivity contribution in [1.29, 1.82) is 0 Å². The van der Waals surface area contributed by atoms with Gasteiger partial charge in [-0.1, -0.05) is 78.9 Å². The summed E-state index contributed by atoms with van der Waals surface area (Å²) in [7, 11) is 0. The Bertz CT molecular complexity index is 1140. The quantitative estimate of drug-likeness (QED) is 0.214. The lowest BCUT2D eigenvalue weighted by Crippen LogP contribution is -2.42. The van der Waals surface area contributed by atoms with Gasteiger partial charge in [0.25, 0.3) is 0 Å². The molecule has 0 aliphatic rings. The minimum Gasteiger partial charge on any atom is -0.491 e. The van der Waals surface area contributed by atoms with Crippen molar-refractivity contribution in [3.63, 3.8) is 0 Å². The van der Waals surface area contributed by atoms with Gasteiger partial charge in [0.15, 0.2) is 0 Å². The van der Waals surface area contributed by atoms with Gasteiger partial charge in [0.05, 0.1) is 0 Å². The summed E-state index contributed by atoms with van der Waals surface area (Å²) in [6, 6.07) is 37.1. The molecule has 0 radical (unpaired) electrons. The van der Waals surface area contributed by atoms with Crippen molar-refractivity contribution in [2.45, 2.75) is 25.2 Å². The average Bonchev–Trinajstić information content (AvgIpc) is 2.99. The highest BCUT2D eigenvalue weighted by atomic mass is 16.5. The van der Waals surface area contributed by atoms with E-state index in [9.17, 15) is 10.2 Å². The van der Waals surface area contributed by atoms with Gasteiger partial charge in [-0.3, -0.25) is 4.90 Å². The maximum absolute atomic E-state index is 10.7. The molecule has 0 aliphatic heterocycles. The number of benzene rings is 4. The van der Waals surface area contributed by atoms with E-state index in [0.29, 0.717) is 37.7 Å². The van der Waals surface area contributed by atoms with E-state index >= 15 is 0 Å². The molecule has 2 unspecified atom stereocenters. The van der Waals surface area contributed by atoms with Crippen molar-refractivity contribution >= 4 is 0 Å². The Morgan fingerprint density at radius 3 is 1.49 bits per heavy atom. The molecular weight excluding hydrogens is 490 g/mol. The lowest BCUT2D eigenvalue weighted by atomic mass is 10.1. The average molecular weight is 528 g/mol. The third-order valence-corrected chi connectivity index (χ3v) is 6.20. The van der Waals surface area contributed by atoms with Crippen LogP contribution in [0.4, 0.5) is 0 Å². The number of ether oxygens (including phenoxy) is 3. The molecule has 2 N–H and O–H groups in total. The van der Waals surface area contributed by atoms with Crippen LogP contribution in [0.1, 0.15) is 11.1 Å². The second kappa shape index (κ2) is 15.5. The summed E-state index contributed by atoms with van der Waals surface area (Å²) in [4.78, 5) is 2.05. The first-order valence-corrected chi connectivity index (χ1v) is 13.3.